The maximum Gasteiger partial charge on any atom is 0.174 e. The smallest absolute Gasteiger partial charge is 0.174 e. The lowest BCUT2D eigenvalue weighted by atomic mass is 10.1. The molecule has 24 heavy (non-hydrogen) atoms. The number of para-hydroxylation sites is 1. The lowest BCUT2D eigenvalue weighted by molar-refractivity contribution is 0.167. The fourth-order valence-electron chi connectivity index (χ4n) is 2.65. The maximum absolute atomic E-state index is 10.2. The van der Waals surface area contributed by atoms with Gasteiger partial charge in [-0.25, -0.2) is 4.98 Å². The summed E-state index contributed by atoms with van der Waals surface area (Å²) in [6.07, 6.45) is 3.84. The number of unbranched alkanes of at least 4 members (excludes halogenated alkanes) is 2. The summed E-state index contributed by atoms with van der Waals surface area (Å²) in [6.45, 7) is 2.61. The normalized spacial score (nSPS) is 12.4. The number of benzene rings is 1. The monoisotopic (exact) mass is 341 g/mol. The number of thiophene rings is 1. The van der Waals surface area contributed by atoms with Crippen LogP contribution in [0.3, 0.4) is 0 Å². The van der Waals surface area contributed by atoms with Crippen molar-refractivity contribution in [2.75, 3.05) is 0 Å². The molecule has 0 aliphatic heterocycles. The number of rotatable bonds is 8. The van der Waals surface area contributed by atoms with Crippen molar-refractivity contribution in [1.82, 2.24) is 4.98 Å². The van der Waals surface area contributed by atoms with Crippen molar-refractivity contribution in [2.24, 2.45) is 0 Å². The third kappa shape index (κ3) is 4.34. The van der Waals surface area contributed by atoms with E-state index in [2.05, 4.69) is 24.0 Å². The molecule has 3 aromatic rings. The molecule has 1 aromatic carbocycles. The lowest BCUT2D eigenvalue weighted by Crippen LogP contribution is -1.97. The molecule has 0 aliphatic carbocycles. The van der Waals surface area contributed by atoms with Crippen LogP contribution in [0, 0.1) is 0 Å². The second-order valence-electron chi connectivity index (χ2n) is 5.95. The first-order valence-corrected chi connectivity index (χ1v) is 9.33. The molecule has 3 rings (SSSR count). The number of pyridine rings is 1. The zero-order chi connectivity index (χ0) is 16.8. The summed E-state index contributed by atoms with van der Waals surface area (Å²) >= 11 is 1.52. The highest BCUT2D eigenvalue weighted by Gasteiger charge is 2.11. The minimum Gasteiger partial charge on any atom is -0.478 e. The van der Waals surface area contributed by atoms with E-state index in [0.29, 0.717) is 6.61 Å². The molecule has 0 saturated heterocycles. The summed E-state index contributed by atoms with van der Waals surface area (Å²) in [4.78, 5) is 5.59. The Morgan fingerprint density at radius 2 is 1.96 bits per heavy atom. The van der Waals surface area contributed by atoms with E-state index in [1.807, 2.05) is 36.4 Å². The van der Waals surface area contributed by atoms with Gasteiger partial charge in [0.05, 0.1) is 17.3 Å². The largest absolute Gasteiger partial charge is 0.478 e. The van der Waals surface area contributed by atoms with Crippen LogP contribution in [-0.4, -0.2) is 10.1 Å². The lowest BCUT2D eigenvalue weighted by Gasteiger charge is -2.07. The molecule has 0 bridgehead atoms. The SMILES string of the molecule is CCCCCC(O)c1ccc(OCc2ccc3ccccc3n2)s1. The summed E-state index contributed by atoms with van der Waals surface area (Å²) in [6, 6.07) is 16.0. The number of hydrogen-bond donors (Lipinski definition) is 1. The zero-order valence-electron chi connectivity index (χ0n) is 13.9. The Labute approximate surface area is 146 Å². The predicted molar refractivity (Wildman–Crippen MR) is 99.5 cm³/mol. The van der Waals surface area contributed by atoms with Gasteiger partial charge in [0.25, 0.3) is 0 Å². The quantitative estimate of drug-likeness (QED) is 0.551. The molecule has 3 nitrogen and oxygen atoms in total. The van der Waals surface area contributed by atoms with E-state index in [1.165, 1.54) is 24.2 Å². The molecule has 1 unspecified atom stereocenters. The summed E-state index contributed by atoms with van der Waals surface area (Å²) < 4.78 is 5.84. The Bertz CT molecular complexity index is 784. The van der Waals surface area contributed by atoms with Crippen molar-refractivity contribution < 1.29 is 9.84 Å². The van der Waals surface area contributed by atoms with Crippen LogP contribution in [-0.2, 0) is 6.61 Å². The molecule has 0 saturated carbocycles. The Kier molecular flexibility index (Phi) is 5.83. The highest BCUT2D eigenvalue weighted by Crippen LogP contribution is 2.32. The van der Waals surface area contributed by atoms with Gasteiger partial charge in [0.2, 0.25) is 0 Å². The molecule has 1 N–H and O–H groups in total. The van der Waals surface area contributed by atoms with Crippen molar-refractivity contribution in [2.45, 2.75) is 45.3 Å². The van der Waals surface area contributed by atoms with Gasteiger partial charge >= 0.3 is 0 Å². The summed E-state index contributed by atoms with van der Waals surface area (Å²) in [5.41, 5.74) is 1.89. The first kappa shape index (κ1) is 16.9. The van der Waals surface area contributed by atoms with E-state index in [4.69, 9.17) is 4.74 Å². The van der Waals surface area contributed by atoms with Gasteiger partial charge in [0.15, 0.2) is 5.06 Å². The van der Waals surface area contributed by atoms with Gasteiger partial charge < -0.3 is 9.84 Å². The van der Waals surface area contributed by atoms with Crippen LogP contribution in [0.25, 0.3) is 10.9 Å². The van der Waals surface area contributed by atoms with Crippen molar-refractivity contribution in [3.63, 3.8) is 0 Å². The highest BCUT2D eigenvalue weighted by molar-refractivity contribution is 7.13. The molecule has 4 heteroatoms. The predicted octanol–water partition coefficient (Wildman–Crippen LogP) is 5.49. The molecule has 0 fully saturated rings. The summed E-state index contributed by atoms with van der Waals surface area (Å²) in [5.74, 6) is 0. The van der Waals surface area contributed by atoms with E-state index in [-0.39, 0.29) is 6.10 Å². The number of nitrogens with zero attached hydrogens (tertiary/aromatic N) is 1. The zero-order valence-corrected chi connectivity index (χ0v) is 14.8. The molecule has 126 valence electrons. The number of hydrogen-bond acceptors (Lipinski definition) is 4. The second-order valence-corrected chi connectivity index (χ2v) is 7.03. The first-order valence-electron chi connectivity index (χ1n) is 8.51. The van der Waals surface area contributed by atoms with Crippen LogP contribution in [0.15, 0.2) is 48.5 Å². The Balaban J connectivity index is 1.58. The molecule has 0 amide bonds. The number of aliphatic hydroxyl groups excluding tert-OH is 1. The highest BCUT2D eigenvalue weighted by atomic mass is 32.1. The summed E-state index contributed by atoms with van der Waals surface area (Å²) in [5, 5.41) is 12.2. The third-order valence-corrected chi connectivity index (χ3v) is 5.13. The fraction of sp³-hybridized carbons (Fsp3) is 0.350. The topological polar surface area (TPSA) is 42.4 Å². The minimum absolute atomic E-state index is 0.377. The average Bonchev–Trinajstić information content (AvgIpc) is 3.09. The Morgan fingerprint density at radius 3 is 2.83 bits per heavy atom. The number of aromatic nitrogens is 1. The number of fused-ring (bicyclic) bond motifs is 1. The summed E-state index contributed by atoms with van der Waals surface area (Å²) in [7, 11) is 0. The van der Waals surface area contributed by atoms with Gasteiger partial charge in [-0.05, 0) is 30.7 Å². The number of ether oxygens (including phenoxy) is 1. The van der Waals surface area contributed by atoms with Gasteiger partial charge in [-0.2, -0.15) is 0 Å². The van der Waals surface area contributed by atoms with Gasteiger partial charge in [0.1, 0.15) is 6.61 Å². The number of aliphatic hydroxyl groups is 1. The molecule has 2 heterocycles. The van der Waals surface area contributed by atoms with Crippen molar-refractivity contribution in [3.8, 4) is 5.06 Å². The van der Waals surface area contributed by atoms with Gasteiger partial charge in [0, 0.05) is 10.3 Å². The van der Waals surface area contributed by atoms with E-state index < -0.39 is 0 Å². The van der Waals surface area contributed by atoms with Crippen LogP contribution in [0.2, 0.25) is 0 Å². The van der Waals surface area contributed by atoms with Crippen LogP contribution in [0.1, 0.15) is 49.3 Å². The second kappa shape index (κ2) is 8.27. The van der Waals surface area contributed by atoms with Crippen molar-refractivity contribution in [3.05, 3.63) is 59.1 Å². The molecule has 1 atom stereocenters. The first-order chi connectivity index (χ1) is 11.8. The standard InChI is InChI=1S/C20H23NO2S/c1-2-3-4-9-18(22)19-12-13-20(24-19)23-14-16-11-10-15-7-5-6-8-17(15)21-16/h5-8,10-13,18,22H,2-4,9,14H2,1H3. The van der Waals surface area contributed by atoms with Crippen molar-refractivity contribution >= 4 is 22.2 Å². The van der Waals surface area contributed by atoms with Crippen LogP contribution >= 0.6 is 11.3 Å². The van der Waals surface area contributed by atoms with Gasteiger partial charge in [-0.1, -0.05) is 50.5 Å². The molecule has 2 aromatic heterocycles. The van der Waals surface area contributed by atoms with Gasteiger partial charge in [-0.3, -0.25) is 0 Å². The molecule has 0 radical (unpaired) electrons. The average molecular weight is 341 g/mol. The van der Waals surface area contributed by atoms with E-state index in [9.17, 15) is 5.11 Å². The van der Waals surface area contributed by atoms with Crippen molar-refractivity contribution in [1.29, 1.82) is 0 Å². The van der Waals surface area contributed by atoms with E-state index in [0.717, 1.165) is 39.4 Å². The van der Waals surface area contributed by atoms with Crippen LogP contribution in [0.5, 0.6) is 5.06 Å². The molecule has 0 aliphatic rings. The molecular formula is C20H23NO2S. The Morgan fingerprint density at radius 1 is 1.08 bits per heavy atom. The third-order valence-electron chi connectivity index (χ3n) is 4.03. The van der Waals surface area contributed by atoms with Gasteiger partial charge in [-0.15, -0.1) is 11.3 Å². The van der Waals surface area contributed by atoms with E-state index >= 15 is 0 Å². The maximum atomic E-state index is 10.2. The Hall–Kier alpha value is -1.91. The van der Waals surface area contributed by atoms with E-state index in [1.54, 1.807) is 0 Å². The molecular weight excluding hydrogens is 318 g/mol. The fourth-order valence-corrected chi connectivity index (χ4v) is 3.53. The van der Waals surface area contributed by atoms with Crippen LogP contribution < -0.4 is 4.74 Å². The molecule has 0 spiro atoms. The minimum atomic E-state index is -0.377. The van der Waals surface area contributed by atoms with Crippen LogP contribution in [0.4, 0.5) is 0 Å².